The van der Waals surface area contributed by atoms with Crippen molar-refractivity contribution in [1.82, 2.24) is 25.3 Å². The van der Waals surface area contributed by atoms with Gasteiger partial charge in [-0.3, -0.25) is 24.1 Å². The highest BCUT2D eigenvalue weighted by atomic mass is 16.2. The normalized spacial score (nSPS) is 21.8. The van der Waals surface area contributed by atoms with Crippen molar-refractivity contribution in [1.29, 1.82) is 0 Å². The molecule has 9 heteroatoms. The third kappa shape index (κ3) is 9.29. The zero-order valence-electron chi connectivity index (χ0n) is 28.1. The van der Waals surface area contributed by atoms with Crippen LogP contribution in [-0.4, -0.2) is 95.2 Å². The maximum atomic E-state index is 14.1. The van der Waals surface area contributed by atoms with E-state index in [9.17, 15) is 19.2 Å². The predicted molar refractivity (Wildman–Crippen MR) is 169 cm³/mol. The second-order valence-corrected chi connectivity index (χ2v) is 14.0. The van der Waals surface area contributed by atoms with Gasteiger partial charge in [-0.2, -0.15) is 0 Å². The summed E-state index contributed by atoms with van der Waals surface area (Å²) in [4.78, 5) is 59.6. The number of carbonyl (C=O) groups is 4. The van der Waals surface area contributed by atoms with Gasteiger partial charge in [0, 0.05) is 31.8 Å². The first-order chi connectivity index (χ1) is 19.6. The summed E-state index contributed by atoms with van der Waals surface area (Å²) in [6, 6.07) is -1.52. The lowest BCUT2D eigenvalue weighted by molar-refractivity contribution is -0.142. The third-order valence-corrected chi connectivity index (χ3v) is 8.79. The van der Waals surface area contributed by atoms with Crippen LogP contribution in [0.2, 0.25) is 0 Å². The van der Waals surface area contributed by atoms with Gasteiger partial charge in [-0.1, -0.05) is 60.5 Å². The largest absolute Gasteiger partial charge is 0.354 e. The molecule has 2 aliphatic rings. The molecule has 0 spiro atoms. The molecule has 1 unspecified atom stereocenters. The van der Waals surface area contributed by atoms with Gasteiger partial charge in [0.25, 0.3) is 0 Å². The summed E-state index contributed by atoms with van der Waals surface area (Å²) < 4.78 is 0. The molecule has 0 aliphatic carbocycles. The lowest BCUT2D eigenvalue weighted by atomic mass is 9.84. The lowest BCUT2D eigenvalue weighted by Gasteiger charge is -2.41. The predicted octanol–water partition coefficient (Wildman–Crippen LogP) is 4.12. The summed E-state index contributed by atoms with van der Waals surface area (Å²) in [5.74, 6) is -0.494. The van der Waals surface area contributed by atoms with Crippen molar-refractivity contribution in [3.63, 3.8) is 0 Å². The van der Waals surface area contributed by atoms with Crippen LogP contribution < -0.4 is 10.6 Å². The van der Waals surface area contributed by atoms with Gasteiger partial charge in [0.2, 0.25) is 23.6 Å². The van der Waals surface area contributed by atoms with Crippen molar-refractivity contribution in [2.75, 3.05) is 26.7 Å². The van der Waals surface area contributed by atoms with Crippen molar-refractivity contribution < 1.29 is 19.2 Å². The van der Waals surface area contributed by atoms with E-state index < -0.39 is 17.5 Å². The number of likely N-dealkylation sites (N-methyl/N-ethyl adjacent to an activating group) is 1. The maximum absolute atomic E-state index is 14.1. The summed E-state index contributed by atoms with van der Waals surface area (Å²) >= 11 is 0. The number of carbonyl (C=O) groups excluding carboxylic acids is 4. The van der Waals surface area contributed by atoms with Crippen molar-refractivity contribution in [3.05, 3.63) is 11.6 Å². The Morgan fingerprint density at radius 3 is 2.17 bits per heavy atom. The van der Waals surface area contributed by atoms with Gasteiger partial charge >= 0.3 is 0 Å². The number of likely N-dealkylation sites (tertiary alicyclic amines) is 2. The summed E-state index contributed by atoms with van der Waals surface area (Å²) in [5, 5.41) is 6.11. The van der Waals surface area contributed by atoms with Crippen LogP contribution in [0.25, 0.3) is 0 Å². The molecule has 4 atom stereocenters. The van der Waals surface area contributed by atoms with Crippen LogP contribution in [-0.2, 0) is 19.2 Å². The number of hydrogen-bond donors (Lipinski definition) is 2. The monoisotopic (exact) mass is 589 g/mol. The van der Waals surface area contributed by atoms with Crippen LogP contribution in [0.3, 0.4) is 0 Å². The molecule has 0 saturated carbocycles. The Labute approximate surface area is 255 Å². The second-order valence-electron chi connectivity index (χ2n) is 14.0. The Morgan fingerprint density at radius 1 is 0.952 bits per heavy atom. The van der Waals surface area contributed by atoms with E-state index >= 15 is 0 Å². The van der Waals surface area contributed by atoms with E-state index in [1.165, 1.54) is 0 Å². The average Bonchev–Trinajstić information content (AvgIpc) is 3.42. The van der Waals surface area contributed by atoms with E-state index in [1.54, 1.807) is 23.8 Å². The molecule has 2 fully saturated rings. The van der Waals surface area contributed by atoms with Crippen LogP contribution in [0, 0.1) is 11.3 Å². The summed E-state index contributed by atoms with van der Waals surface area (Å²) in [6.45, 7) is 20.1. The van der Waals surface area contributed by atoms with E-state index in [1.807, 2.05) is 40.7 Å². The van der Waals surface area contributed by atoms with Crippen LogP contribution in [0.5, 0.6) is 0 Å². The number of unbranched alkanes of at least 4 members (excludes halogenated alkanes) is 1. The first-order valence-electron chi connectivity index (χ1n) is 16.2. The molecule has 0 bridgehead atoms. The lowest BCUT2D eigenvalue weighted by Crippen LogP contribution is -2.60. The topological polar surface area (TPSA) is 102 Å². The van der Waals surface area contributed by atoms with Crippen LogP contribution >= 0.6 is 0 Å². The van der Waals surface area contributed by atoms with E-state index in [-0.39, 0.29) is 47.7 Å². The molecule has 2 N–H and O–H groups in total. The van der Waals surface area contributed by atoms with Crippen LogP contribution in [0.4, 0.5) is 0 Å². The Kier molecular flexibility index (Phi) is 13.5. The van der Waals surface area contributed by atoms with Gasteiger partial charge in [0.05, 0.1) is 12.1 Å². The molecule has 0 aromatic rings. The Morgan fingerprint density at radius 2 is 1.60 bits per heavy atom. The van der Waals surface area contributed by atoms with Gasteiger partial charge in [0.1, 0.15) is 12.1 Å². The average molecular weight is 590 g/mol. The Bertz CT molecular complexity index is 970. The standard InChI is InChI=1S/C33H59N5O4/c1-11-12-18-34-29(39)25-17-15-20-38(25)31(41)24(6)21-27(22(2)3)36(10)32(42)28(33(7,8)9)35-30(40)26-16-13-14-19-37(26)23(4)5/h21-23,25-28H,11-20H2,1-10H3,(H,34,39)(H,35,40)/b24-21+/t25-,26?,27+,28+/m0/s1. The van der Waals surface area contributed by atoms with E-state index in [4.69, 9.17) is 0 Å². The van der Waals surface area contributed by atoms with Crippen molar-refractivity contribution in [2.45, 2.75) is 137 Å². The zero-order valence-corrected chi connectivity index (χ0v) is 28.1. The zero-order chi connectivity index (χ0) is 31.8. The molecule has 2 saturated heterocycles. The van der Waals surface area contributed by atoms with E-state index in [0.29, 0.717) is 25.1 Å². The highest BCUT2D eigenvalue weighted by Gasteiger charge is 2.40. The van der Waals surface area contributed by atoms with Crippen LogP contribution in [0.1, 0.15) is 107 Å². The first kappa shape index (κ1) is 35.8. The molecule has 4 amide bonds. The highest BCUT2D eigenvalue weighted by Crippen LogP contribution is 2.26. The third-order valence-electron chi connectivity index (χ3n) is 8.79. The maximum Gasteiger partial charge on any atom is 0.249 e. The molecular formula is C33H59N5O4. The van der Waals surface area contributed by atoms with Gasteiger partial charge in [-0.05, 0) is 70.8 Å². The number of nitrogens with zero attached hydrogens (tertiary/aromatic N) is 3. The SMILES string of the molecule is CCCCNC(=O)[C@@H]1CCCN1C(=O)/C(C)=C/[C@H](C(C)C)N(C)C(=O)[C@@H](NC(=O)C1CCCCN1C(C)C)C(C)(C)C. The fraction of sp³-hybridized carbons (Fsp3) is 0.818. The van der Waals surface area contributed by atoms with Crippen LogP contribution in [0.15, 0.2) is 11.6 Å². The van der Waals surface area contributed by atoms with Crippen molar-refractivity contribution in [2.24, 2.45) is 11.3 Å². The smallest absolute Gasteiger partial charge is 0.249 e. The number of hydrogen-bond acceptors (Lipinski definition) is 5. The van der Waals surface area contributed by atoms with Crippen molar-refractivity contribution >= 4 is 23.6 Å². The quantitative estimate of drug-likeness (QED) is 0.264. The summed E-state index contributed by atoms with van der Waals surface area (Å²) in [7, 11) is 1.76. The van der Waals surface area contributed by atoms with E-state index in [0.717, 1.165) is 45.1 Å². The molecule has 2 heterocycles. The van der Waals surface area contributed by atoms with Gasteiger partial charge in [0.15, 0.2) is 0 Å². The van der Waals surface area contributed by atoms with Gasteiger partial charge in [-0.15, -0.1) is 0 Å². The first-order valence-corrected chi connectivity index (χ1v) is 16.2. The molecular weight excluding hydrogens is 530 g/mol. The van der Waals surface area contributed by atoms with Crippen molar-refractivity contribution in [3.8, 4) is 0 Å². The molecule has 0 aromatic carbocycles. The fourth-order valence-electron chi connectivity index (χ4n) is 6.19. The number of nitrogens with one attached hydrogen (secondary N) is 2. The minimum atomic E-state index is -0.716. The minimum Gasteiger partial charge on any atom is -0.354 e. The fourth-order valence-corrected chi connectivity index (χ4v) is 6.19. The molecule has 240 valence electrons. The highest BCUT2D eigenvalue weighted by molar-refractivity contribution is 5.97. The summed E-state index contributed by atoms with van der Waals surface area (Å²) in [6.07, 6.45) is 8.08. The molecule has 0 radical (unpaired) electrons. The minimum absolute atomic E-state index is 0.0273. The number of amides is 4. The number of piperidine rings is 1. The summed E-state index contributed by atoms with van der Waals surface area (Å²) in [5.41, 5.74) is 0.00949. The second kappa shape index (κ2) is 15.9. The molecule has 2 aliphatic heterocycles. The Balaban J connectivity index is 2.23. The Hall–Kier alpha value is -2.42. The molecule has 0 aromatic heterocycles. The van der Waals surface area contributed by atoms with E-state index in [2.05, 4.69) is 36.3 Å². The van der Waals surface area contributed by atoms with Gasteiger partial charge in [-0.25, -0.2) is 0 Å². The molecule has 2 rings (SSSR count). The molecule has 9 nitrogen and oxygen atoms in total. The number of rotatable bonds is 12. The van der Waals surface area contributed by atoms with Gasteiger partial charge < -0.3 is 20.4 Å². The molecule has 42 heavy (non-hydrogen) atoms.